The van der Waals surface area contributed by atoms with Gasteiger partial charge in [0.15, 0.2) is 0 Å². The van der Waals surface area contributed by atoms with Gasteiger partial charge in [-0.05, 0) is 37.0 Å². The van der Waals surface area contributed by atoms with Gasteiger partial charge in [-0.15, -0.1) is 0 Å². The van der Waals surface area contributed by atoms with Crippen molar-refractivity contribution in [2.24, 2.45) is 11.7 Å². The number of nitrogens with two attached hydrogens (primary N) is 1. The number of hydrogen-bond acceptors (Lipinski definition) is 6. The first-order valence-corrected chi connectivity index (χ1v) is 8.53. The zero-order chi connectivity index (χ0) is 19.3. The Morgan fingerprint density at radius 1 is 1.27 bits per heavy atom. The van der Waals surface area contributed by atoms with Crippen LogP contribution >= 0.6 is 0 Å². The van der Waals surface area contributed by atoms with Gasteiger partial charge in [-0.25, -0.2) is 4.79 Å². The predicted octanol–water partition coefficient (Wildman–Crippen LogP) is 2.35. The molecule has 1 atom stereocenters. The van der Waals surface area contributed by atoms with E-state index in [4.69, 9.17) is 14.9 Å². The lowest BCUT2D eigenvalue weighted by molar-refractivity contribution is -0.146. The van der Waals surface area contributed by atoms with Crippen LogP contribution in [0.15, 0.2) is 33.5 Å². The first-order valence-electron chi connectivity index (χ1n) is 8.53. The minimum atomic E-state index is -0.836. The molecule has 2 rings (SSSR count). The number of rotatable bonds is 7. The molecule has 0 spiro atoms. The van der Waals surface area contributed by atoms with Crippen LogP contribution in [0, 0.1) is 12.8 Å². The molecule has 1 amide bonds. The molecule has 7 heteroatoms. The molecular weight excluding hydrogens is 336 g/mol. The van der Waals surface area contributed by atoms with Crippen LogP contribution in [-0.2, 0) is 14.3 Å². The maximum Gasteiger partial charge on any atom is 0.336 e. The molecule has 0 aliphatic rings. The first kappa shape index (κ1) is 19.7. The van der Waals surface area contributed by atoms with E-state index in [2.05, 4.69) is 5.32 Å². The van der Waals surface area contributed by atoms with Crippen molar-refractivity contribution in [1.29, 1.82) is 0 Å². The Morgan fingerprint density at radius 3 is 2.69 bits per heavy atom. The molecule has 0 unspecified atom stereocenters. The minimum absolute atomic E-state index is 0.0771. The lowest BCUT2D eigenvalue weighted by atomic mass is 10.1. The lowest BCUT2D eigenvalue weighted by Gasteiger charge is -2.13. The number of nitrogens with one attached hydrogen (secondary N) is 1. The maximum absolute atomic E-state index is 12.1. The molecule has 0 radical (unpaired) electrons. The average molecular weight is 360 g/mol. The van der Waals surface area contributed by atoms with E-state index < -0.39 is 17.6 Å². The Balaban J connectivity index is 1.92. The van der Waals surface area contributed by atoms with E-state index in [0.717, 1.165) is 10.9 Å². The summed E-state index contributed by atoms with van der Waals surface area (Å²) in [6, 6.07) is 5.68. The van der Waals surface area contributed by atoms with Crippen LogP contribution in [0.5, 0.6) is 0 Å². The third kappa shape index (κ3) is 5.42. The van der Waals surface area contributed by atoms with Crippen molar-refractivity contribution in [3.8, 4) is 0 Å². The summed E-state index contributed by atoms with van der Waals surface area (Å²) in [5.74, 6) is -0.563. The van der Waals surface area contributed by atoms with E-state index in [-0.39, 0.29) is 24.7 Å². The molecule has 7 nitrogen and oxygen atoms in total. The van der Waals surface area contributed by atoms with Crippen LogP contribution in [0.4, 0.5) is 5.69 Å². The topological polar surface area (TPSA) is 112 Å². The van der Waals surface area contributed by atoms with E-state index >= 15 is 0 Å². The quantitative estimate of drug-likeness (QED) is 0.579. The number of amides is 1. The summed E-state index contributed by atoms with van der Waals surface area (Å²) in [6.45, 7) is 5.98. The Hall–Kier alpha value is -2.67. The molecule has 1 heterocycles. The van der Waals surface area contributed by atoms with Crippen molar-refractivity contribution < 1.29 is 18.7 Å². The Labute approximate surface area is 151 Å². The van der Waals surface area contributed by atoms with Gasteiger partial charge in [0.05, 0.1) is 6.61 Å². The fourth-order valence-corrected chi connectivity index (χ4v) is 2.39. The van der Waals surface area contributed by atoms with E-state index in [1.54, 1.807) is 18.2 Å². The van der Waals surface area contributed by atoms with Gasteiger partial charge < -0.3 is 20.2 Å². The van der Waals surface area contributed by atoms with E-state index in [9.17, 15) is 14.4 Å². The number of benzene rings is 1. The number of fused-ring (bicyclic) bond motifs is 1. The second kappa shape index (κ2) is 8.62. The SMILES string of the molecule is Cc1cc(=O)oc2cc(NC(=O)CC[C@H](N)C(=O)OCC(C)C)ccc12. The molecule has 1 aromatic heterocycles. The van der Waals surface area contributed by atoms with Gasteiger partial charge in [-0.3, -0.25) is 9.59 Å². The van der Waals surface area contributed by atoms with Crippen molar-refractivity contribution in [3.63, 3.8) is 0 Å². The van der Waals surface area contributed by atoms with E-state index in [1.165, 1.54) is 6.07 Å². The summed E-state index contributed by atoms with van der Waals surface area (Å²) in [5.41, 5.74) is 7.02. The smallest absolute Gasteiger partial charge is 0.336 e. The normalized spacial score (nSPS) is 12.2. The molecule has 2 aromatic rings. The minimum Gasteiger partial charge on any atom is -0.464 e. The highest BCUT2D eigenvalue weighted by atomic mass is 16.5. The van der Waals surface area contributed by atoms with Crippen LogP contribution < -0.4 is 16.7 Å². The maximum atomic E-state index is 12.1. The van der Waals surface area contributed by atoms with Crippen LogP contribution in [0.1, 0.15) is 32.3 Å². The van der Waals surface area contributed by atoms with E-state index in [1.807, 2.05) is 20.8 Å². The largest absolute Gasteiger partial charge is 0.464 e. The second-order valence-electron chi connectivity index (χ2n) is 6.68. The first-order chi connectivity index (χ1) is 12.3. The number of carbonyl (C=O) groups is 2. The Kier molecular flexibility index (Phi) is 6.52. The summed E-state index contributed by atoms with van der Waals surface area (Å²) in [5, 5.41) is 3.51. The molecule has 26 heavy (non-hydrogen) atoms. The summed E-state index contributed by atoms with van der Waals surface area (Å²) in [7, 11) is 0. The highest BCUT2D eigenvalue weighted by Gasteiger charge is 2.17. The Morgan fingerprint density at radius 2 is 2.00 bits per heavy atom. The van der Waals surface area contributed by atoms with Crippen molar-refractivity contribution in [2.75, 3.05) is 11.9 Å². The van der Waals surface area contributed by atoms with Gasteiger partial charge >= 0.3 is 11.6 Å². The van der Waals surface area contributed by atoms with Crippen molar-refractivity contribution >= 4 is 28.5 Å². The molecule has 140 valence electrons. The standard InChI is InChI=1S/C19H24N2O5/c1-11(2)10-25-19(24)15(20)6-7-17(22)21-13-4-5-14-12(3)8-18(23)26-16(14)9-13/h4-5,8-9,11,15H,6-7,10,20H2,1-3H3,(H,21,22)/t15-/m0/s1. The van der Waals surface area contributed by atoms with E-state index in [0.29, 0.717) is 17.9 Å². The second-order valence-corrected chi connectivity index (χ2v) is 6.68. The zero-order valence-corrected chi connectivity index (χ0v) is 15.2. The third-order valence-corrected chi connectivity index (χ3v) is 3.78. The van der Waals surface area contributed by atoms with Gasteiger partial charge in [0.25, 0.3) is 0 Å². The molecule has 0 fully saturated rings. The van der Waals surface area contributed by atoms with Gasteiger partial charge in [0, 0.05) is 29.6 Å². The summed E-state index contributed by atoms with van der Waals surface area (Å²) >= 11 is 0. The molecule has 0 bridgehead atoms. The number of ether oxygens (including phenoxy) is 1. The number of hydrogen-bond donors (Lipinski definition) is 2. The highest BCUT2D eigenvalue weighted by Crippen LogP contribution is 2.21. The van der Waals surface area contributed by atoms with Crippen molar-refractivity contribution in [1.82, 2.24) is 0 Å². The van der Waals surface area contributed by atoms with Crippen LogP contribution in [0.2, 0.25) is 0 Å². The molecule has 0 saturated carbocycles. The number of esters is 1. The molecule has 3 N–H and O–H groups in total. The summed E-state index contributed by atoms with van der Waals surface area (Å²) in [4.78, 5) is 35.2. The average Bonchev–Trinajstić information content (AvgIpc) is 2.56. The lowest BCUT2D eigenvalue weighted by Crippen LogP contribution is -2.34. The predicted molar refractivity (Wildman–Crippen MR) is 98.9 cm³/mol. The van der Waals surface area contributed by atoms with Crippen LogP contribution in [0.25, 0.3) is 11.0 Å². The van der Waals surface area contributed by atoms with Gasteiger partial charge in [-0.2, -0.15) is 0 Å². The fourth-order valence-electron chi connectivity index (χ4n) is 2.39. The molecule has 1 aromatic carbocycles. The molecule has 0 aliphatic heterocycles. The van der Waals surface area contributed by atoms with Gasteiger partial charge in [0.1, 0.15) is 11.6 Å². The molecule has 0 aliphatic carbocycles. The molecule has 0 saturated heterocycles. The fraction of sp³-hybridized carbons (Fsp3) is 0.421. The highest BCUT2D eigenvalue weighted by molar-refractivity contribution is 5.93. The van der Waals surface area contributed by atoms with Crippen LogP contribution in [-0.4, -0.2) is 24.5 Å². The molecular formula is C19H24N2O5. The third-order valence-electron chi connectivity index (χ3n) is 3.78. The van der Waals surface area contributed by atoms with Crippen molar-refractivity contribution in [2.45, 2.75) is 39.7 Å². The number of anilines is 1. The Bertz CT molecular complexity index is 857. The van der Waals surface area contributed by atoms with Crippen molar-refractivity contribution in [3.05, 3.63) is 40.2 Å². The zero-order valence-electron chi connectivity index (χ0n) is 15.2. The monoisotopic (exact) mass is 360 g/mol. The summed E-state index contributed by atoms with van der Waals surface area (Å²) < 4.78 is 10.2. The van der Waals surface area contributed by atoms with Crippen LogP contribution in [0.3, 0.4) is 0 Å². The summed E-state index contributed by atoms with van der Waals surface area (Å²) in [6.07, 6.45) is 0.262. The van der Waals surface area contributed by atoms with Gasteiger partial charge in [0.2, 0.25) is 5.91 Å². The number of carbonyl (C=O) groups excluding carboxylic acids is 2. The number of aryl methyl sites for hydroxylation is 1. The van der Waals surface area contributed by atoms with Gasteiger partial charge in [-0.1, -0.05) is 13.8 Å².